The molecule has 16 heavy (non-hydrogen) atoms. The minimum absolute atomic E-state index is 0.601. The summed E-state index contributed by atoms with van der Waals surface area (Å²) in [6.45, 7) is 2.74. The molecule has 5 heteroatoms. The summed E-state index contributed by atoms with van der Waals surface area (Å²) < 4.78 is 12.3. The van der Waals surface area contributed by atoms with Crippen LogP contribution in [0.15, 0.2) is 22.7 Å². The first-order valence-corrected chi connectivity index (χ1v) is 7.54. The van der Waals surface area contributed by atoms with Crippen LogP contribution in [0.5, 0.6) is 0 Å². The Balaban J connectivity index is 2.01. The van der Waals surface area contributed by atoms with Crippen molar-refractivity contribution >= 4 is 32.4 Å². The van der Waals surface area contributed by atoms with Crippen molar-refractivity contribution in [1.29, 1.82) is 0 Å². The molecule has 1 aromatic rings. The standard InChI is InChI=1S/C11H15BrN2OS/c12-11-7-10(13)2-1-9(11)8-14-3-5-16(15)6-4-14/h1-2,7H,3-6,8,13H2. The van der Waals surface area contributed by atoms with E-state index < -0.39 is 10.8 Å². The van der Waals surface area contributed by atoms with Crippen LogP contribution >= 0.6 is 15.9 Å². The molecule has 1 fully saturated rings. The number of hydrogen-bond donors (Lipinski definition) is 1. The Labute approximate surface area is 107 Å². The summed E-state index contributed by atoms with van der Waals surface area (Å²) in [4.78, 5) is 2.33. The molecule has 0 aromatic heterocycles. The second-order valence-electron chi connectivity index (χ2n) is 3.98. The average molecular weight is 303 g/mol. The van der Waals surface area contributed by atoms with Gasteiger partial charge in [-0.1, -0.05) is 22.0 Å². The Morgan fingerprint density at radius 3 is 2.69 bits per heavy atom. The smallest absolute Gasteiger partial charge is 0.0363 e. The van der Waals surface area contributed by atoms with Crippen LogP contribution in [-0.2, 0) is 17.3 Å². The summed E-state index contributed by atoms with van der Waals surface area (Å²) in [7, 11) is -0.601. The van der Waals surface area contributed by atoms with E-state index in [4.69, 9.17) is 5.73 Å². The van der Waals surface area contributed by atoms with Gasteiger partial charge in [0.25, 0.3) is 0 Å². The molecule has 1 aliphatic heterocycles. The minimum atomic E-state index is -0.601. The Hall–Kier alpha value is -0.390. The van der Waals surface area contributed by atoms with Crippen LogP contribution in [-0.4, -0.2) is 33.7 Å². The Kier molecular flexibility index (Phi) is 4.00. The van der Waals surface area contributed by atoms with Crippen molar-refractivity contribution in [1.82, 2.24) is 4.90 Å². The molecule has 1 saturated heterocycles. The van der Waals surface area contributed by atoms with Crippen LogP contribution in [0.3, 0.4) is 0 Å². The molecule has 0 aliphatic carbocycles. The maximum atomic E-state index is 11.2. The second kappa shape index (κ2) is 5.29. The monoisotopic (exact) mass is 302 g/mol. The highest BCUT2D eigenvalue weighted by Crippen LogP contribution is 2.21. The van der Waals surface area contributed by atoms with E-state index in [1.165, 1.54) is 5.56 Å². The van der Waals surface area contributed by atoms with Gasteiger partial charge in [0.2, 0.25) is 0 Å². The highest BCUT2D eigenvalue weighted by Gasteiger charge is 2.15. The van der Waals surface area contributed by atoms with E-state index in [1.807, 2.05) is 18.2 Å². The third-order valence-electron chi connectivity index (χ3n) is 2.74. The highest BCUT2D eigenvalue weighted by atomic mass is 79.9. The Morgan fingerprint density at radius 2 is 2.06 bits per heavy atom. The Morgan fingerprint density at radius 1 is 1.38 bits per heavy atom. The van der Waals surface area contributed by atoms with Crippen molar-refractivity contribution in [3.05, 3.63) is 28.2 Å². The predicted octanol–water partition coefficient (Wildman–Crippen LogP) is 1.60. The minimum Gasteiger partial charge on any atom is -0.399 e. The SMILES string of the molecule is Nc1ccc(CN2CCS(=O)CC2)c(Br)c1. The third kappa shape index (κ3) is 3.06. The number of benzene rings is 1. The van der Waals surface area contributed by atoms with Gasteiger partial charge >= 0.3 is 0 Å². The van der Waals surface area contributed by atoms with Crippen molar-refractivity contribution < 1.29 is 4.21 Å². The summed E-state index contributed by atoms with van der Waals surface area (Å²) >= 11 is 3.52. The molecule has 0 spiro atoms. The third-order valence-corrected chi connectivity index (χ3v) is 4.76. The molecule has 0 atom stereocenters. The fourth-order valence-electron chi connectivity index (χ4n) is 1.77. The molecule has 0 amide bonds. The van der Waals surface area contributed by atoms with Gasteiger partial charge in [0.1, 0.15) is 0 Å². The zero-order chi connectivity index (χ0) is 11.5. The number of anilines is 1. The van der Waals surface area contributed by atoms with Crippen molar-refractivity contribution in [2.45, 2.75) is 6.54 Å². The fourth-order valence-corrected chi connectivity index (χ4v) is 3.42. The summed E-state index contributed by atoms with van der Waals surface area (Å²) in [6.07, 6.45) is 0. The molecule has 0 radical (unpaired) electrons. The topological polar surface area (TPSA) is 46.3 Å². The van der Waals surface area contributed by atoms with Crippen molar-refractivity contribution in [2.75, 3.05) is 30.3 Å². The fraction of sp³-hybridized carbons (Fsp3) is 0.455. The molecule has 88 valence electrons. The van der Waals surface area contributed by atoms with Crippen LogP contribution in [0, 0.1) is 0 Å². The molecule has 0 unspecified atom stereocenters. The first kappa shape index (κ1) is 12.1. The van der Waals surface area contributed by atoms with Gasteiger partial charge in [-0.05, 0) is 17.7 Å². The van der Waals surface area contributed by atoms with E-state index in [2.05, 4.69) is 20.8 Å². The van der Waals surface area contributed by atoms with Gasteiger partial charge in [-0.2, -0.15) is 0 Å². The number of rotatable bonds is 2. The molecule has 1 heterocycles. The molecule has 2 N–H and O–H groups in total. The van der Waals surface area contributed by atoms with Gasteiger partial charge < -0.3 is 5.73 Å². The summed E-state index contributed by atoms with van der Waals surface area (Å²) in [6, 6.07) is 5.89. The normalized spacial score (nSPS) is 18.8. The average Bonchev–Trinajstić information content (AvgIpc) is 2.25. The maximum Gasteiger partial charge on any atom is 0.0363 e. The zero-order valence-electron chi connectivity index (χ0n) is 8.99. The van der Waals surface area contributed by atoms with Crippen molar-refractivity contribution in [3.63, 3.8) is 0 Å². The highest BCUT2D eigenvalue weighted by molar-refractivity contribution is 9.10. The Bertz CT molecular complexity index is 401. The van der Waals surface area contributed by atoms with Crippen LogP contribution in [0.2, 0.25) is 0 Å². The summed E-state index contributed by atoms with van der Waals surface area (Å²) in [5, 5.41) is 0. The quantitative estimate of drug-likeness (QED) is 0.844. The predicted molar refractivity (Wildman–Crippen MR) is 71.7 cm³/mol. The molecule has 0 saturated carbocycles. The summed E-state index contributed by atoms with van der Waals surface area (Å²) in [5.41, 5.74) is 7.71. The first-order valence-electron chi connectivity index (χ1n) is 5.26. The van der Waals surface area contributed by atoms with Gasteiger partial charge in [0.15, 0.2) is 0 Å². The molecular weight excluding hydrogens is 288 g/mol. The maximum absolute atomic E-state index is 11.2. The van der Waals surface area contributed by atoms with E-state index in [0.29, 0.717) is 0 Å². The molecule has 3 nitrogen and oxygen atoms in total. The lowest BCUT2D eigenvalue weighted by atomic mass is 10.2. The van der Waals surface area contributed by atoms with Crippen molar-refractivity contribution in [3.8, 4) is 0 Å². The molecular formula is C11H15BrN2OS. The molecule has 1 aromatic carbocycles. The first-order chi connectivity index (χ1) is 7.65. The zero-order valence-corrected chi connectivity index (χ0v) is 11.4. The van der Waals surface area contributed by atoms with Gasteiger partial charge in [0, 0.05) is 52.1 Å². The van der Waals surface area contributed by atoms with Crippen molar-refractivity contribution in [2.24, 2.45) is 0 Å². The lowest BCUT2D eigenvalue weighted by molar-refractivity contribution is 0.291. The van der Waals surface area contributed by atoms with Gasteiger partial charge in [-0.25, -0.2) is 0 Å². The van der Waals surface area contributed by atoms with E-state index >= 15 is 0 Å². The van der Waals surface area contributed by atoms with Gasteiger partial charge in [-0.3, -0.25) is 9.11 Å². The molecule has 2 rings (SSSR count). The molecule has 1 aliphatic rings. The van der Waals surface area contributed by atoms with Crippen LogP contribution in [0.25, 0.3) is 0 Å². The van der Waals surface area contributed by atoms with E-state index in [0.717, 1.165) is 41.3 Å². The van der Waals surface area contributed by atoms with Gasteiger partial charge in [-0.15, -0.1) is 0 Å². The number of halogens is 1. The lowest BCUT2D eigenvalue weighted by Gasteiger charge is -2.26. The number of nitrogens with zero attached hydrogens (tertiary/aromatic N) is 1. The molecule has 0 bridgehead atoms. The van der Waals surface area contributed by atoms with E-state index in [1.54, 1.807) is 0 Å². The van der Waals surface area contributed by atoms with Crippen LogP contribution < -0.4 is 5.73 Å². The largest absolute Gasteiger partial charge is 0.399 e. The van der Waals surface area contributed by atoms with Gasteiger partial charge in [0.05, 0.1) is 0 Å². The number of nitrogen functional groups attached to an aromatic ring is 1. The van der Waals surface area contributed by atoms with E-state index in [9.17, 15) is 4.21 Å². The second-order valence-corrected chi connectivity index (χ2v) is 6.53. The van der Waals surface area contributed by atoms with Crippen LogP contribution in [0.4, 0.5) is 5.69 Å². The summed E-state index contributed by atoms with van der Waals surface area (Å²) in [5.74, 6) is 1.60. The number of nitrogens with two attached hydrogens (primary N) is 1. The van der Waals surface area contributed by atoms with E-state index in [-0.39, 0.29) is 0 Å². The van der Waals surface area contributed by atoms with Crippen LogP contribution in [0.1, 0.15) is 5.56 Å². The number of hydrogen-bond acceptors (Lipinski definition) is 3. The lowest BCUT2D eigenvalue weighted by Crippen LogP contribution is -2.37.